The predicted octanol–water partition coefficient (Wildman–Crippen LogP) is 4.20. The van der Waals surface area contributed by atoms with Gasteiger partial charge in [0.15, 0.2) is 0 Å². The maximum Gasteiger partial charge on any atom is 0.411 e. The Balaban J connectivity index is 2.27. The minimum absolute atomic E-state index is 0.234. The average Bonchev–Trinajstić information content (AvgIpc) is 2.86. The van der Waals surface area contributed by atoms with Crippen molar-refractivity contribution in [2.75, 3.05) is 13.7 Å². The number of ether oxygens (including phenoxy) is 2. The molecule has 0 saturated heterocycles. The van der Waals surface area contributed by atoms with Crippen molar-refractivity contribution >= 4 is 17.7 Å². The van der Waals surface area contributed by atoms with Gasteiger partial charge in [0.1, 0.15) is 11.4 Å². The molecule has 0 bridgehead atoms. The van der Waals surface area contributed by atoms with Gasteiger partial charge in [0.05, 0.1) is 18.2 Å². The van der Waals surface area contributed by atoms with Crippen LogP contribution in [0.2, 0.25) is 5.02 Å². The Morgan fingerprint density at radius 1 is 1.38 bits per heavy atom. The van der Waals surface area contributed by atoms with E-state index >= 15 is 0 Å². The molecule has 1 aliphatic rings. The second kappa shape index (κ2) is 5.98. The van der Waals surface area contributed by atoms with Crippen LogP contribution in [-0.4, -0.2) is 30.2 Å². The lowest BCUT2D eigenvalue weighted by Gasteiger charge is -2.29. The number of hydrogen-bond donors (Lipinski definition) is 0. The minimum atomic E-state index is -0.525. The zero-order valence-corrected chi connectivity index (χ0v) is 13.5. The van der Waals surface area contributed by atoms with Crippen molar-refractivity contribution in [3.05, 3.63) is 40.9 Å². The molecular formula is C16H20ClNO3. The Morgan fingerprint density at radius 2 is 2.10 bits per heavy atom. The third kappa shape index (κ3) is 3.50. The van der Waals surface area contributed by atoms with E-state index in [0.29, 0.717) is 17.3 Å². The fourth-order valence-corrected chi connectivity index (χ4v) is 2.53. The van der Waals surface area contributed by atoms with E-state index in [4.69, 9.17) is 21.1 Å². The number of carbonyl (C=O) groups excluding carboxylic acids is 1. The molecule has 0 aromatic heterocycles. The highest BCUT2D eigenvalue weighted by molar-refractivity contribution is 6.33. The Labute approximate surface area is 130 Å². The predicted molar refractivity (Wildman–Crippen MR) is 82.8 cm³/mol. The fourth-order valence-electron chi connectivity index (χ4n) is 2.21. The molecule has 1 heterocycles. The van der Waals surface area contributed by atoms with Crippen molar-refractivity contribution in [2.45, 2.75) is 32.4 Å². The number of nitrogens with zero attached hydrogens (tertiary/aromatic N) is 1. The maximum atomic E-state index is 12.3. The normalized spacial score (nSPS) is 18.0. The van der Waals surface area contributed by atoms with Crippen molar-refractivity contribution in [3.63, 3.8) is 0 Å². The van der Waals surface area contributed by atoms with Crippen LogP contribution in [-0.2, 0) is 4.74 Å². The molecule has 0 N–H and O–H groups in total. The first-order valence-corrected chi connectivity index (χ1v) is 7.20. The van der Waals surface area contributed by atoms with Crippen LogP contribution in [0.15, 0.2) is 30.4 Å². The van der Waals surface area contributed by atoms with E-state index in [1.807, 2.05) is 45.1 Å². The summed E-state index contributed by atoms with van der Waals surface area (Å²) >= 11 is 6.35. The number of rotatable bonds is 2. The summed E-state index contributed by atoms with van der Waals surface area (Å²) < 4.78 is 10.7. The van der Waals surface area contributed by atoms with Gasteiger partial charge < -0.3 is 9.47 Å². The minimum Gasteiger partial charge on any atom is -0.495 e. The third-order valence-electron chi connectivity index (χ3n) is 3.12. The summed E-state index contributed by atoms with van der Waals surface area (Å²) in [5.74, 6) is 0.596. The van der Waals surface area contributed by atoms with E-state index in [2.05, 4.69) is 0 Å². The largest absolute Gasteiger partial charge is 0.495 e. The van der Waals surface area contributed by atoms with Crippen molar-refractivity contribution < 1.29 is 14.3 Å². The molecule has 1 aromatic rings. The van der Waals surface area contributed by atoms with E-state index in [1.165, 1.54) is 0 Å². The molecule has 21 heavy (non-hydrogen) atoms. The van der Waals surface area contributed by atoms with Crippen LogP contribution in [0, 0.1) is 0 Å². The van der Waals surface area contributed by atoms with Gasteiger partial charge in [-0.05, 0) is 26.8 Å². The first-order chi connectivity index (χ1) is 9.83. The van der Waals surface area contributed by atoms with Gasteiger partial charge in [-0.1, -0.05) is 35.9 Å². The molecule has 114 valence electrons. The highest BCUT2D eigenvalue weighted by Crippen LogP contribution is 2.37. The SMILES string of the molecule is COc1cccc([C@@H]2C=CCN2C(=O)OC(C)(C)C)c1Cl. The van der Waals surface area contributed by atoms with E-state index in [0.717, 1.165) is 5.56 Å². The lowest BCUT2D eigenvalue weighted by molar-refractivity contribution is 0.0240. The van der Waals surface area contributed by atoms with Gasteiger partial charge in [-0.25, -0.2) is 4.79 Å². The van der Waals surface area contributed by atoms with Gasteiger partial charge in [0.25, 0.3) is 0 Å². The van der Waals surface area contributed by atoms with Gasteiger partial charge in [-0.15, -0.1) is 0 Å². The summed E-state index contributed by atoms with van der Waals surface area (Å²) in [5, 5.41) is 0.519. The van der Waals surface area contributed by atoms with Gasteiger partial charge in [0.2, 0.25) is 0 Å². The van der Waals surface area contributed by atoms with Gasteiger partial charge in [-0.3, -0.25) is 4.90 Å². The summed E-state index contributed by atoms with van der Waals surface area (Å²) in [5.41, 5.74) is 0.304. The average molecular weight is 310 g/mol. The molecule has 2 rings (SSSR count). The van der Waals surface area contributed by atoms with Gasteiger partial charge >= 0.3 is 6.09 Å². The molecule has 4 nitrogen and oxygen atoms in total. The number of halogens is 1. The van der Waals surface area contributed by atoms with Crippen molar-refractivity contribution in [2.24, 2.45) is 0 Å². The zero-order valence-electron chi connectivity index (χ0n) is 12.7. The van der Waals surface area contributed by atoms with Crippen molar-refractivity contribution in [1.29, 1.82) is 0 Å². The topological polar surface area (TPSA) is 38.8 Å². The summed E-state index contributed by atoms with van der Waals surface area (Å²) in [6.45, 7) is 6.05. The van der Waals surface area contributed by atoms with Crippen LogP contribution in [0.3, 0.4) is 0 Å². The highest BCUT2D eigenvalue weighted by atomic mass is 35.5. The molecule has 0 radical (unpaired) electrons. The lowest BCUT2D eigenvalue weighted by Crippen LogP contribution is -2.36. The molecule has 0 saturated carbocycles. The smallest absolute Gasteiger partial charge is 0.411 e. The summed E-state index contributed by atoms with van der Waals surface area (Å²) in [4.78, 5) is 13.9. The van der Waals surface area contributed by atoms with E-state index in [9.17, 15) is 4.79 Å². The van der Waals surface area contributed by atoms with Crippen LogP contribution < -0.4 is 4.74 Å². The number of methoxy groups -OCH3 is 1. The number of carbonyl (C=O) groups is 1. The van der Waals surface area contributed by atoms with Crippen LogP contribution in [0.4, 0.5) is 4.79 Å². The standard InChI is InChI=1S/C16H20ClNO3/c1-16(2,3)21-15(19)18-10-6-8-12(18)11-7-5-9-13(20-4)14(11)17/h5-9,12H,10H2,1-4H3/t12-/m0/s1. The summed E-state index contributed by atoms with van der Waals surface area (Å²) in [6.07, 6.45) is 3.53. The summed E-state index contributed by atoms with van der Waals surface area (Å²) in [7, 11) is 1.57. The zero-order chi connectivity index (χ0) is 15.6. The van der Waals surface area contributed by atoms with Crippen LogP contribution >= 0.6 is 11.6 Å². The Morgan fingerprint density at radius 3 is 2.71 bits per heavy atom. The molecule has 5 heteroatoms. The number of hydrogen-bond acceptors (Lipinski definition) is 3. The molecular weight excluding hydrogens is 290 g/mol. The number of amides is 1. The molecule has 0 aliphatic carbocycles. The first-order valence-electron chi connectivity index (χ1n) is 6.82. The van der Waals surface area contributed by atoms with Gasteiger partial charge in [0, 0.05) is 12.1 Å². The molecule has 0 unspecified atom stereocenters. The molecule has 0 fully saturated rings. The Hall–Kier alpha value is -1.68. The van der Waals surface area contributed by atoms with E-state index < -0.39 is 5.60 Å². The second-order valence-electron chi connectivity index (χ2n) is 5.87. The van der Waals surface area contributed by atoms with Crippen LogP contribution in [0.1, 0.15) is 32.4 Å². The van der Waals surface area contributed by atoms with E-state index in [1.54, 1.807) is 18.1 Å². The second-order valence-corrected chi connectivity index (χ2v) is 6.25. The van der Waals surface area contributed by atoms with Gasteiger partial charge in [-0.2, -0.15) is 0 Å². The Bertz CT molecular complexity index is 563. The highest BCUT2D eigenvalue weighted by Gasteiger charge is 2.31. The third-order valence-corrected chi connectivity index (χ3v) is 3.52. The Kier molecular flexibility index (Phi) is 4.47. The molecule has 1 aromatic carbocycles. The lowest BCUT2D eigenvalue weighted by atomic mass is 10.1. The molecule has 0 spiro atoms. The molecule has 1 amide bonds. The van der Waals surface area contributed by atoms with Crippen molar-refractivity contribution in [3.8, 4) is 5.75 Å². The quantitative estimate of drug-likeness (QED) is 0.769. The van der Waals surface area contributed by atoms with Crippen molar-refractivity contribution in [1.82, 2.24) is 4.90 Å². The van der Waals surface area contributed by atoms with Crippen LogP contribution in [0.25, 0.3) is 0 Å². The van der Waals surface area contributed by atoms with E-state index in [-0.39, 0.29) is 12.1 Å². The fraction of sp³-hybridized carbons (Fsp3) is 0.438. The van der Waals surface area contributed by atoms with Crippen LogP contribution in [0.5, 0.6) is 5.75 Å². The maximum absolute atomic E-state index is 12.3. The molecule has 1 atom stereocenters. The number of benzene rings is 1. The first kappa shape index (κ1) is 15.7. The summed E-state index contributed by atoms with van der Waals surface area (Å²) in [6, 6.07) is 5.31. The molecule has 1 aliphatic heterocycles. The monoisotopic (exact) mass is 309 g/mol.